The van der Waals surface area contributed by atoms with Crippen LogP contribution in [0.4, 0.5) is 5.69 Å². The van der Waals surface area contributed by atoms with Gasteiger partial charge in [-0.15, -0.1) is 0 Å². The second-order valence-corrected chi connectivity index (χ2v) is 4.03. The van der Waals surface area contributed by atoms with Crippen LogP contribution in [0.3, 0.4) is 0 Å². The molecule has 1 aromatic heterocycles. The zero-order valence-corrected chi connectivity index (χ0v) is 11.2. The summed E-state index contributed by atoms with van der Waals surface area (Å²) in [5.41, 5.74) is 1.76. The molecule has 5 heteroatoms. The third-order valence-electron chi connectivity index (χ3n) is 2.78. The summed E-state index contributed by atoms with van der Waals surface area (Å²) in [7, 11) is 1.86. The molecule has 0 saturated heterocycles. The highest BCUT2D eigenvalue weighted by Crippen LogP contribution is 2.13. The molecule has 0 spiro atoms. The van der Waals surface area contributed by atoms with Gasteiger partial charge in [0.2, 0.25) is 5.91 Å². The Hall–Kier alpha value is -1.36. The molecule has 1 N–H and O–H groups in total. The number of nitrogens with one attached hydrogen (secondary N) is 1. The summed E-state index contributed by atoms with van der Waals surface area (Å²) in [6, 6.07) is 0. The first-order valence-corrected chi connectivity index (χ1v) is 6.15. The molecule has 1 aromatic rings. The van der Waals surface area contributed by atoms with Gasteiger partial charge in [0.1, 0.15) is 0 Å². The molecule has 0 fully saturated rings. The average molecular weight is 238 g/mol. The molecule has 0 aliphatic heterocycles. The molecule has 0 unspecified atom stereocenters. The minimum absolute atomic E-state index is 0.0244. The van der Waals surface area contributed by atoms with E-state index in [1.54, 1.807) is 4.68 Å². The fourth-order valence-electron chi connectivity index (χ4n) is 1.74. The number of likely N-dealkylation sites (N-methyl/N-ethyl adjacent to an activating group) is 1. The van der Waals surface area contributed by atoms with Crippen molar-refractivity contribution in [2.75, 3.05) is 25.0 Å². The van der Waals surface area contributed by atoms with Gasteiger partial charge in [-0.3, -0.25) is 14.4 Å². The van der Waals surface area contributed by atoms with Crippen LogP contribution in [-0.4, -0.2) is 40.2 Å². The number of rotatable bonds is 6. The van der Waals surface area contributed by atoms with E-state index in [9.17, 15) is 4.79 Å². The van der Waals surface area contributed by atoms with Crippen LogP contribution in [0, 0.1) is 0 Å². The predicted molar refractivity (Wildman–Crippen MR) is 69.0 cm³/mol. The number of nitrogens with zero attached hydrogens (tertiary/aromatic N) is 3. The molecular weight excluding hydrogens is 216 g/mol. The van der Waals surface area contributed by atoms with Crippen molar-refractivity contribution >= 4 is 11.6 Å². The molecule has 0 saturated carbocycles. The zero-order chi connectivity index (χ0) is 12.8. The largest absolute Gasteiger partial charge is 0.322 e. The van der Waals surface area contributed by atoms with Crippen LogP contribution >= 0.6 is 0 Å². The van der Waals surface area contributed by atoms with Gasteiger partial charge in [0.05, 0.1) is 17.9 Å². The monoisotopic (exact) mass is 238 g/mol. The topological polar surface area (TPSA) is 50.2 Å². The lowest BCUT2D eigenvalue weighted by Crippen LogP contribution is -2.33. The Morgan fingerprint density at radius 3 is 2.59 bits per heavy atom. The maximum atomic E-state index is 11.8. The Labute approximate surface area is 103 Å². The molecule has 1 amide bonds. The third-order valence-corrected chi connectivity index (χ3v) is 2.78. The van der Waals surface area contributed by atoms with E-state index in [0.29, 0.717) is 6.54 Å². The molecule has 0 aromatic carbocycles. The van der Waals surface area contributed by atoms with Crippen LogP contribution in [0.25, 0.3) is 0 Å². The highest BCUT2D eigenvalue weighted by atomic mass is 16.2. The Balaban J connectivity index is 2.61. The van der Waals surface area contributed by atoms with Crippen LogP contribution in [0.1, 0.15) is 26.5 Å². The van der Waals surface area contributed by atoms with Crippen molar-refractivity contribution in [2.24, 2.45) is 7.05 Å². The highest BCUT2D eigenvalue weighted by molar-refractivity contribution is 5.92. The number of aryl methyl sites for hydroxylation is 2. The van der Waals surface area contributed by atoms with Crippen LogP contribution in [0.2, 0.25) is 0 Å². The first kappa shape index (κ1) is 13.7. The maximum Gasteiger partial charge on any atom is 0.238 e. The number of amides is 1. The van der Waals surface area contributed by atoms with E-state index < -0.39 is 0 Å². The molecule has 96 valence electrons. The average Bonchev–Trinajstić information content (AvgIpc) is 2.66. The molecule has 0 radical (unpaired) electrons. The van der Waals surface area contributed by atoms with E-state index >= 15 is 0 Å². The second kappa shape index (κ2) is 6.39. The number of hydrogen-bond donors (Lipinski definition) is 1. The SMILES string of the molecule is CCc1nn(C)cc1NC(=O)CN(CC)CC. The van der Waals surface area contributed by atoms with Crippen LogP contribution in [0.15, 0.2) is 6.20 Å². The van der Waals surface area contributed by atoms with Gasteiger partial charge in [0, 0.05) is 13.2 Å². The molecule has 0 aliphatic rings. The first-order valence-electron chi connectivity index (χ1n) is 6.15. The predicted octanol–water partition coefficient (Wildman–Crippen LogP) is 1.26. The summed E-state index contributed by atoms with van der Waals surface area (Å²) in [4.78, 5) is 13.9. The van der Waals surface area contributed by atoms with Gasteiger partial charge in [0.25, 0.3) is 0 Å². The Kier molecular flexibility index (Phi) is 5.15. The summed E-state index contributed by atoms with van der Waals surface area (Å²) >= 11 is 0. The zero-order valence-electron chi connectivity index (χ0n) is 11.2. The first-order chi connectivity index (χ1) is 8.10. The van der Waals surface area contributed by atoms with Gasteiger partial charge in [-0.2, -0.15) is 5.10 Å². The number of carbonyl (C=O) groups excluding carboxylic acids is 1. The highest BCUT2D eigenvalue weighted by Gasteiger charge is 2.11. The summed E-state index contributed by atoms with van der Waals surface area (Å²) in [5, 5.41) is 7.21. The van der Waals surface area contributed by atoms with Crippen molar-refractivity contribution < 1.29 is 4.79 Å². The van der Waals surface area contributed by atoms with Gasteiger partial charge in [-0.05, 0) is 19.5 Å². The fraction of sp³-hybridized carbons (Fsp3) is 0.667. The third kappa shape index (κ3) is 3.85. The van der Waals surface area contributed by atoms with E-state index in [1.165, 1.54) is 0 Å². The summed E-state index contributed by atoms with van der Waals surface area (Å²) in [5.74, 6) is 0.0244. The minimum Gasteiger partial charge on any atom is -0.322 e. The van der Waals surface area contributed by atoms with Crippen molar-refractivity contribution in [3.05, 3.63) is 11.9 Å². The standard InChI is InChI=1S/C12H22N4O/c1-5-10-11(8-15(4)14-10)13-12(17)9-16(6-2)7-3/h8H,5-7,9H2,1-4H3,(H,13,17). The van der Waals surface area contributed by atoms with Crippen molar-refractivity contribution in [1.29, 1.82) is 0 Å². The Bertz CT molecular complexity index is 369. The summed E-state index contributed by atoms with van der Waals surface area (Å²) in [6.07, 6.45) is 2.67. The van der Waals surface area contributed by atoms with E-state index in [4.69, 9.17) is 0 Å². The normalized spacial score (nSPS) is 10.9. The van der Waals surface area contributed by atoms with Gasteiger partial charge >= 0.3 is 0 Å². The van der Waals surface area contributed by atoms with Crippen molar-refractivity contribution in [3.63, 3.8) is 0 Å². The minimum atomic E-state index is 0.0244. The second-order valence-electron chi connectivity index (χ2n) is 4.03. The number of hydrogen-bond acceptors (Lipinski definition) is 3. The molecule has 5 nitrogen and oxygen atoms in total. The van der Waals surface area contributed by atoms with Crippen LogP contribution in [0.5, 0.6) is 0 Å². The summed E-state index contributed by atoms with van der Waals surface area (Å²) in [6.45, 7) is 8.35. The Morgan fingerprint density at radius 2 is 2.06 bits per heavy atom. The molecule has 0 bridgehead atoms. The van der Waals surface area contributed by atoms with Crippen molar-refractivity contribution in [3.8, 4) is 0 Å². The van der Waals surface area contributed by atoms with E-state index in [0.717, 1.165) is 30.9 Å². The molecular formula is C12H22N4O. The molecule has 0 atom stereocenters. The Morgan fingerprint density at radius 1 is 1.41 bits per heavy atom. The van der Waals surface area contributed by atoms with Gasteiger partial charge in [0.15, 0.2) is 0 Å². The molecule has 1 rings (SSSR count). The van der Waals surface area contributed by atoms with Crippen molar-refractivity contribution in [1.82, 2.24) is 14.7 Å². The lowest BCUT2D eigenvalue weighted by Gasteiger charge is -2.17. The van der Waals surface area contributed by atoms with E-state index in [2.05, 4.69) is 29.2 Å². The molecule has 0 aliphatic carbocycles. The maximum absolute atomic E-state index is 11.8. The lowest BCUT2D eigenvalue weighted by atomic mass is 10.3. The number of anilines is 1. The smallest absolute Gasteiger partial charge is 0.238 e. The number of aromatic nitrogens is 2. The van der Waals surface area contributed by atoms with Gasteiger partial charge < -0.3 is 5.32 Å². The number of carbonyl (C=O) groups is 1. The fourth-order valence-corrected chi connectivity index (χ4v) is 1.74. The van der Waals surface area contributed by atoms with E-state index in [1.807, 2.05) is 20.2 Å². The van der Waals surface area contributed by atoms with Crippen molar-refractivity contribution in [2.45, 2.75) is 27.2 Å². The molecule has 1 heterocycles. The van der Waals surface area contributed by atoms with E-state index in [-0.39, 0.29) is 5.91 Å². The molecule has 17 heavy (non-hydrogen) atoms. The summed E-state index contributed by atoms with van der Waals surface area (Å²) < 4.78 is 1.73. The van der Waals surface area contributed by atoms with Gasteiger partial charge in [-0.25, -0.2) is 0 Å². The lowest BCUT2D eigenvalue weighted by molar-refractivity contribution is -0.117. The van der Waals surface area contributed by atoms with Crippen LogP contribution in [-0.2, 0) is 18.3 Å². The van der Waals surface area contributed by atoms with Gasteiger partial charge in [-0.1, -0.05) is 20.8 Å². The quantitative estimate of drug-likeness (QED) is 0.812. The van der Waals surface area contributed by atoms with Crippen LogP contribution < -0.4 is 5.32 Å².